The molecular formula is C24H18F6N4O3S. The minimum Gasteiger partial charge on any atom is -0.325 e. The van der Waals surface area contributed by atoms with E-state index in [0.717, 1.165) is 34.1 Å². The molecule has 1 aliphatic rings. The van der Waals surface area contributed by atoms with E-state index in [1.165, 1.54) is 26.1 Å². The Morgan fingerprint density at radius 2 is 1.76 bits per heavy atom. The molecule has 3 rings (SSSR count). The quantitative estimate of drug-likeness (QED) is 0.331. The maximum atomic E-state index is 13.4. The van der Waals surface area contributed by atoms with Gasteiger partial charge in [0, 0.05) is 18.4 Å². The van der Waals surface area contributed by atoms with Crippen LogP contribution in [0.25, 0.3) is 4.85 Å². The number of hydrogen-bond acceptors (Lipinski definition) is 4. The first-order chi connectivity index (χ1) is 17.5. The smallest absolute Gasteiger partial charge is 0.325 e. The molecule has 0 bridgehead atoms. The monoisotopic (exact) mass is 556 g/mol. The van der Waals surface area contributed by atoms with Crippen LogP contribution < -0.4 is 4.90 Å². The second-order valence-corrected chi connectivity index (χ2v) is 10.4. The van der Waals surface area contributed by atoms with Gasteiger partial charge in [-0.05, 0) is 42.8 Å². The number of allylic oxidation sites excluding steroid dienone is 1. The fraction of sp³-hybridized carbons (Fsp3) is 0.292. The Balaban J connectivity index is 2.22. The summed E-state index contributed by atoms with van der Waals surface area (Å²) in [4.78, 5) is 17.9. The van der Waals surface area contributed by atoms with Gasteiger partial charge >= 0.3 is 18.4 Å². The van der Waals surface area contributed by atoms with E-state index in [-0.39, 0.29) is 28.2 Å². The zero-order chi connectivity index (χ0) is 28.6. The Bertz CT molecular complexity index is 1500. The first-order valence-corrected chi connectivity index (χ1v) is 12.3. The second kappa shape index (κ2) is 10.0. The summed E-state index contributed by atoms with van der Waals surface area (Å²) in [5.74, 6) is -1.34. The van der Waals surface area contributed by atoms with Crippen LogP contribution >= 0.6 is 0 Å². The normalized spacial score (nSPS) is 16.9. The third-order valence-electron chi connectivity index (χ3n) is 5.82. The third kappa shape index (κ3) is 5.60. The zero-order valence-electron chi connectivity index (χ0n) is 19.7. The Kier molecular flexibility index (Phi) is 7.52. The number of hydrogen-bond donors (Lipinski definition) is 0. The van der Waals surface area contributed by atoms with Gasteiger partial charge in [0.25, 0.3) is 0 Å². The lowest BCUT2D eigenvalue weighted by Gasteiger charge is -2.40. The molecule has 2 amide bonds. The average molecular weight is 556 g/mol. The standard InChI is InChI=1S/C24H18F6N4O3S/c1-14-20(32-2)21(33(3)22(35)34(14)17-6-4-5-16(12-17)24(28,29)30)18-8-7-15(13-31)11-19(18)38(36,37)10-9-23(25,26)27/h4-8,11-12,21H,9-10H2,1,3H3/t21-/m1/s1. The van der Waals surface area contributed by atoms with Crippen LogP contribution in [-0.4, -0.2) is 38.3 Å². The van der Waals surface area contributed by atoms with Crippen molar-refractivity contribution in [3.63, 3.8) is 0 Å². The van der Waals surface area contributed by atoms with Gasteiger partial charge in [0.05, 0.1) is 46.9 Å². The van der Waals surface area contributed by atoms with Gasteiger partial charge in [-0.25, -0.2) is 18.1 Å². The summed E-state index contributed by atoms with van der Waals surface area (Å²) in [5, 5.41) is 9.23. The number of sulfone groups is 1. The lowest BCUT2D eigenvalue weighted by atomic mass is 9.97. The van der Waals surface area contributed by atoms with E-state index in [9.17, 15) is 44.8 Å². The largest absolute Gasteiger partial charge is 0.416 e. The second-order valence-electron chi connectivity index (χ2n) is 8.31. The van der Waals surface area contributed by atoms with Crippen LogP contribution in [0.15, 0.2) is 58.8 Å². The molecule has 14 heteroatoms. The summed E-state index contributed by atoms with van der Waals surface area (Å²) < 4.78 is 104. The zero-order valence-corrected chi connectivity index (χ0v) is 20.5. The van der Waals surface area contributed by atoms with Crippen molar-refractivity contribution >= 4 is 21.6 Å². The number of anilines is 1. The average Bonchev–Trinajstić information content (AvgIpc) is 2.84. The highest BCUT2D eigenvalue weighted by molar-refractivity contribution is 7.91. The Hall–Kier alpha value is -4.04. The Morgan fingerprint density at radius 1 is 1.11 bits per heavy atom. The number of carbonyl (C=O) groups is 1. The summed E-state index contributed by atoms with van der Waals surface area (Å²) in [6, 6.07) is 6.38. The number of rotatable bonds is 5. The fourth-order valence-corrected chi connectivity index (χ4v) is 5.56. The van der Waals surface area contributed by atoms with Gasteiger partial charge in [0.1, 0.15) is 0 Å². The van der Waals surface area contributed by atoms with Crippen molar-refractivity contribution in [3.8, 4) is 6.07 Å². The molecule has 1 heterocycles. The number of halogens is 6. The molecule has 0 spiro atoms. The number of likely N-dealkylation sites (N-methyl/N-ethyl adjacent to an activating group) is 1. The number of urea groups is 1. The van der Waals surface area contributed by atoms with E-state index in [4.69, 9.17) is 6.57 Å². The maximum Gasteiger partial charge on any atom is 0.416 e. The molecule has 0 N–H and O–H groups in total. The highest BCUT2D eigenvalue weighted by Gasteiger charge is 2.42. The van der Waals surface area contributed by atoms with Crippen molar-refractivity contribution in [3.05, 3.63) is 82.0 Å². The number of carbonyl (C=O) groups excluding carboxylic acids is 1. The van der Waals surface area contributed by atoms with Gasteiger partial charge in [-0.3, -0.25) is 4.90 Å². The molecule has 0 aliphatic carbocycles. The number of benzene rings is 2. The maximum absolute atomic E-state index is 13.4. The van der Waals surface area contributed by atoms with Crippen molar-refractivity contribution in [2.24, 2.45) is 0 Å². The van der Waals surface area contributed by atoms with E-state index in [2.05, 4.69) is 4.85 Å². The highest BCUT2D eigenvalue weighted by atomic mass is 32.2. The number of nitriles is 1. The first-order valence-electron chi connectivity index (χ1n) is 10.7. The van der Waals surface area contributed by atoms with Crippen LogP contribution in [0.4, 0.5) is 36.8 Å². The molecule has 0 saturated carbocycles. The fourth-order valence-electron chi connectivity index (χ4n) is 3.99. The van der Waals surface area contributed by atoms with Gasteiger partial charge in [-0.15, -0.1) is 0 Å². The number of alkyl halides is 6. The van der Waals surface area contributed by atoms with Crippen molar-refractivity contribution in [1.82, 2.24) is 4.90 Å². The predicted molar refractivity (Wildman–Crippen MR) is 123 cm³/mol. The lowest BCUT2D eigenvalue weighted by molar-refractivity contribution is -0.137. The van der Waals surface area contributed by atoms with Crippen LogP contribution in [0.5, 0.6) is 0 Å². The Labute approximate surface area is 213 Å². The van der Waals surface area contributed by atoms with Crippen LogP contribution in [0, 0.1) is 17.9 Å². The number of nitrogens with zero attached hydrogens (tertiary/aromatic N) is 4. The molecule has 0 fully saturated rings. The molecule has 1 atom stereocenters. The molecule has 1 aliphatic heterocycles. The highest BCUT2D eigenvalue weighted by Crippen LogP contribution is 2.42. The van der Waals surface area contributed by atoms with Gasteiger partial charge in [0.15, 0.2) is 9.84 Å². The van der Waals surface area contributed by atoms with Crippen molar-refractivity contribution < 1.29 is 39.6 Å². The van der Waals surface area contributed by atoms with Gasteiger partial charge in [-0.1, -0.05) is 12.1 Å². The molecule has 0 aromatic heterocycles. The first kappa shape index (κ1) is 28.5. The van der Waals surface area contributed by atoms with Gasteiger partial charge in [0.2, 0.25) is 5.70 Å². The minimum atomic E-state index is -4.79. The van der Waals surface area contributed by atoms with E-state index in [1.807, 2.05) is 0 Å². The molecule has 0 saturated heterocycles. The van der Waals surface area contributed by atoms with Crippen molar-refractivity contribution in [2.45, 2.75) is 36.6 Å². The van der Waals surface area contributed by atoms with Crippen molar-refractivity contribution in [1.29, 1.82) is 5.26 Å². The molecule has 0 radical (unpaired) electrons. The SMILES string of the molecule is [C-]#[N+]C1=C(C)N(c2cccc(C(F)(F)F)c2)C(=O)N(C)[C@@H]1c1ccc(C#N)cc1S(=O)(=O)CCC(F)(F)F. The summed E-state index contributed by atoms with van der Waals surface area (Å²) in [7, 11) is -3.48. The lowest BCUT2D eigenvalue weighted by Crippen LogP contribution is -2.47. The summed E-state index contributed by atoms with van der Waals surface area (Å²) >= 11 is 0. The van der Waals surface area contributed by atoms with Crippen LogP contribution in [-0.2, 0) is 16.0 Å². The molecule has 2 aromatic carbocycles. The topological polar surface area (TPSA) is 85.8 Å². The van der Waals surface area contributed by atoms with Crippen LogP contribution in [0.3, 0.4) is 0 Å². The van der Waals surface area contributed by atoms with Crippen molar-refractivity contribution in [2.75, 3.05) is 17.7 Å². The molecule has 7 nitrogen and oxygen atoms in total. The summed E-state index contributed by atoms with van der Waals surface area (Å²) in [6.45, 7) is 8.98. The third-order valence-corrected chi connectivity index (χ3v) is 7.59. The predicted octanol–water partition coefficient (Wildman–Crippen LogP) is 6.07. The number of amides is 2. The van der Waals surface area contributed by atoms with E-state index in [1.54, 1.807) is 6.07 Å². The molecule has 38 heavy (non-hydrogen) atoms. The van der Waals surface area contributed by atoms with Gasteiger partial charge in [-0.2, -0.15) is 31.6 Å². The molecule has 0 unspecified atom stereocenters. The van der Waals surface area contributed by atoms with E-state index in [0.29, 0.717) is 6.07 Å². The molecular weight excluding hydrogens is 538 g/mol. The minimum absolute atomic E-state index is 0.101. The van der Waals surface area contributed by atoms with Gasteiger partial charge < -0.3 is 4.90 Å². The Morgan fingerprint density at radius 3 is 2.32 bits per heavy atom. The molecule has 2 aromatic rings. The van der Waals surface area contributed by atoms with Crippen LogP contribution in [0.1, 0.15) is 36.1 Å². The summed E-state index contributed by atoms with van der Waals surface area (Å²) in [6.07, 6.45) is -11.2. The molecule has 200 valence electrons. The van der Waals surface area contributed by atoms with Crippen LogP contribution in [0.2, 0.25) is 0 Å². The van der Waals surface area contributed by atoms with E-state index < -0.39 is 56.9 Å². The summed E-state index contributed by atoms with van der Waals surface area (Å²) in [5.41, 5.74) is -2.01. The van der Waals surface area contributed by atoms with E-state index >= 15 is 0 Å².